The second-order valence-electron chi connectivity index (χ2n) is 3.97. The molecule has 1 aliphatic rings. The highest BCUT2D eigenvalue weighted by Gasteiger charge is 2.14. The van der Waals surface area contributed by atoms with Crippen LogP contribution in [-0.2, 0) is 13.6 Å². The largest absolute Gasteiger partial charge is 0.328 e. The van der Waals surface area contributed by atoms with Crippen LogP contribution in [0.5, 0.6) is 0 Å². The molecule has 0 aromatic carbocycles. The van der Waals surface area contributed by atoms with Crippen molar-refractivity contribution in [1.29, 1.82) is 0 Å². The van der Waals surface area contributed by atoms with Gasteiger partial charge in [-0.2, -0.15) is 0 Å². The molecule has 1 heterocycles. The van der Waals surface area contributed by atoms with Gasteiger partial charge in [0.1, 0.15) is 0 Å². The van der Waals surface area contributed by atoms with Gasteiger partial charge in [-0.05, 0) is 28.8 Å². The lowest BCUT2D eigenvalue weighted by Crippen LogP contribution is -2.25. The molecule has 4 heteroatoms. The molecule has 1 fully saturated rings. The zero-order chi connectivity index (χ0) is 9.97. The minimum absolute atomic E-state index is 0.718. The van der Waals surface area contributed by atoms with E-state index in [1.807, 2.05) is 11.6 Å². The van der Waals surface area contributed by atoms with Crippen LogP contribution < -0.4 is 5.32 Å². The third-order valence-electron chi connectivity index (χ3n) is 2.80. The summed E-state index contributed by atoms with van der Waals surface area (Å²) in [5.41, 5.74) is 1.12. The molecule has 0 bridgehead atoms. The Balaban J connectivity index is 1.85. The van der Waals surface area contributed by atoms with Crippen molar-refractivity contribution in [3.8, 4) is 0 Å². The Morgan fingerprint density at radius 1 is 1.57 bits per heavy atom. The van der Waals surface area contributed by atoms with Crippen LogP contribution in [0.1, 0.15) is 31.4 Å². The van der Waals surface area contributed by atoms with Gasteiger partial charge in [0.05, 0.1) is 5.69 Å². The van der Waals surface area contributed by atoms with Crippen molar-refractivity contribution in [3.05, 3.63) is 16.6 Å². The Labute approximate surface area is 93.0 Å². The molecule has 0 unspecified atom stereocenters. The highest BCUT2D eigenvalue weighted by molar-refractivity contribution is 9.10. The number of halogens is 1. The molecule has 0 amide bonds. The molecule has 14 heavy (non-hydrogen) atoms. The lowest BCUT2D eigenvalue weighted by Gasteiger charge is -2.09. The van der Waals surface area contributed by atoms with Crippen molar-refractivity contribution in [2.45, 2.75) is 38.3 Å². The molecule has 1 aliphatic carbocycles. The van der Waals surface area contributed by atoms with E-state index in [9.17, 15) is 0 Å². The van der Waals surface area contributed by atoms with Gasteiger partial charge in [0.2, 0.25) is 0 Å². The van der Waals surface area contributed by atoms with Crippen molar-refractivity contribution in [2.24, 2.45) is 7.05 Å². The predicted molar refractivity (Wildman–Crippen MR) is 60.0 cm³/mol. The molecular weight excluding hydrogens is 242 g/mol. The van der Waals surface area contributed by atoms with Gasteiger partial charge in [-0.25, -0.2) is 4.98 Å². The van der Waals surface area contributed by atoms with Gasteiger partial charge in [0.15, 0.2) is 4.73 Å². The van der Waals surface area contributed by atoms with Crippen molar-refractivity contribution in [1.82, 2.24) is 14.9 Å². The minimum atomic E-state index is 0.718. The topological polar surface area (TPSA) is 29.9 Å². The van der Waals surface area contributed by atoms with Crippen molar-refractivity contribution >= 4 is 15.9 Å². The van der Waals surface area contributed by atoms with Crippen LogP contribution in [-0.4, -0.2) is 15.6 Å². The summed E-state index contributed by atoms with van der Waals surface area (Å²) in [5, 5.41) is 3.54. The second kappa shape index (κ2) is 4.45. The van der Waals surface area contributed by atoms with Gasteiger partial charge >= 0.3 is 0 Å². The minimum Gasteiger partial charge on any atom is -0.328 e. The highest BCUT2D eigenvalue weighted by Crippen LogP contribution is 2.18. The molecule has 0 radical (unpaired) electrons. The summed E-state index contributed by atoms with van der Waals surface area (Å²) in [7, 11) is 2.00. The van der Waals surface area contributed by atoms with Crippen molar-refractivity contribution < 1.29 is 0 Å². The van der Waals surface area contributed by atoms with Crippen molar-refractivity contribution in [3.63, 3.8) is 0 Å². The maximum Gasteiger partial charge on any atom is 0.177 e. The van der Waals surface area contributed by atoms with Crippen LogP contribution in [0.3, 0.4) is 0 Å². The number of hydrogen-bond donors (Lipinski definition) is 1. The molecule has 2 rings (SSSR count). The average Bonchev–Trinajstić information content (AvgIpc) is 2.74. The van der Waals surface area contributed by atoms with Gasteiger partial charge < -0.3 is 9.88 Å². The molecule has 0 aliphatic heterocycles. The molecular formula is C10H16BrN3. The summed E-state index contributed by atoms with van der Waals surface area (Å²) >= 11 is 3.39. The molecule has 78 valence electrons. The average molecular weight is 258 g/mol. The molecule has 0 saturated heterocycles. The fourth-order valence-electron chi connectivity index (χ4n) is 1.97. The Morgan fingerprint density at radius 2 is 2.29 bits per heavy atom. The van der Waals surface area contributed by atoms with E-state index in [1.54, 1.807) is 0 Å². The fraction of sp³-hybridized carbons (Fsp3) is 0.700. The summed E-state index contributed by atoms with van der Waals surface area (Å²) in [6.45, 7) is 0.893. The maximum atomic E-state index is 4.39. The summed E-state index contributed by atoms with van der Waals surface area (Å²) in [6.07, 6.45) is 7.47. The Kier molecular flexibility index (Phi) is 3.23. The lowest BCUT2D eigenvalue weighted by molar-refractivity contribution is 0.520. The molecule has 1 aromatic rings. The zero-order valence-electron chi connectivity index (χ0n) is 8.46. The molecule has 1 N–H and O–H groups in total. The van der Waals surface area contributed by atoms with Crippen LogP contribution in [0.15, 0.2) is 10.9 Å². The van der Waals surface area contributed by atoms with E-state index < -0.39 is 0 Å². The molecule has 3 nitrogen and oxygen atoms in total. The fourth-order valence-corrected chi connectivity index (χ4v) is 2.30. The van der Waals surface area contributed by atoms with Gasteiger partial charge in [-0.15, -0.1) is 0 Å². The number of hydrogen-bond acceptors (Lipinski definition) is 2. The Bertz CT molecular complexity index is 283. The number of rotatable bonds is 3. The quantitative estimate of drug-likeness (QED) is 0.900. The first-order valence-corrected chi connectivity index (χ1v) is 5.96. The van der Waals surface area contributed by atoms with Gasteiger partial charge in [-0.3, -0.25) is 0 Å². The second-order valence-corrected chi connectivity index (χ2v) is 4.68. The molecule has 1 aromatic heterocycles. The van der Waals surface area contributed by atoms with Crippen molar-refractivity contribution in [2.75, 3.05) is 0 Å². The third-order valence-corrected chi connectivity index (χ3v) is 3.53. The summed E-state index contributed by atoms with van der Waals surface area (Å²) in [6, 6.07) is 0.718. The number of nitrogens with zero attached hydrogens (tertiary/aromatic N) is 2. The number of aryl methyl sites for hydroxylation is 1. The van der Waals surface area contributed by atoms with Crippen LogP contribution in [0.2, 0.25) is 0 Å². The van der Waals surface area contributed by atoms with E-state index >= 15 is 0 Å². The van der Waals surface area contributed by atoms with E-state index in [1.165, 1.54) is 25.7 Å². The first-order valence-electron chi connectivity index (χ1n) is 5.17. The summed E-state index contributed by atoms with van der Waals surface area (Å²) in [4.78, 5) is 4.39. The third kappa shape index (κ3) is 2.36. The Hall–Kier alpha value is -0.350. The molecule has 1 saturated carbocycles. The number of aromatic nitrogens is 2. The number of nitrogens with one attached hydrogen (secondary N) is 1. The van der Waals surface area contributed by atoms with E-state index in [0.717, 1.165) is 23.0 Å². The first-order chi connectivity index (χ1) is 6.75. The number of imidazole rings is 1. The van der Waals surface area contributed by atoms with Crippen LogP contribution in [0.25, 0.3) is 0 Å². The monoisotopic (exact) mass is 257 g/mol. The van der Waals surface area contributed by atoms with Gasteiger partial charge in [0, 0.05) is 25.8 Å². The highest BCUT2D eigenvalue weighted by atomic mass is 79.9. The maximum absolute atomic E-state index is 4.39. The van der Waals surface area contributed by atoms with Gasteiger partial charge in [0.25, 0.3) is 0 Å². The van der Waals surface area contributed by atoms with E-state index in [0.29, 0.717) is 0 Å². The first kappa shape index (κ1) is 10.2. The van der Waals surface area contributed by atoms with E-state index in [4.69, 9.17) is 0 Å². The summed E-state index contributed by atoms with van der Waals surface area (Å²) < 4.78 is 2.90. The SMILES string of the molecule is Cn1cc(CNC2CCCC2)nc1Br. The normalized spacial score (nSPS) is 17.9. The predicted octanol–water partition coefficient (Wildman–Crippen LogP) is 2.21. The molecule has 0 atom stereocenters. The summed E-state index contributed by atoms with van der Waals surface area (Å²) in [5.74, 6) is 0. The standard InChI is InChI=1S/C10H16BrN3/c1-14-7-9(13-10(14)11)6-12-8-4-2-3-5-8/h7-8,12H,2-6H2,1H3. The molecule has 0 spiro atoms. The van der Waals surface area contributed by atoms with Crippen LogP contribution >= 0.6 is 15.9 Å². The van der Waals surface area contributed by atoms with E-state index in [2.05, 4.69) is 32.4 Å². The lowest BCUT2D eigenvalue weighted by atomic mass is 10.2. The smallest absolute Gasteiger partial charge is 0.177 e. The van der Waals surface area contributed by atoms with E-state index in [-0.39, 0.29) is 0 Å². The zero-order valence-corrected chi connectivity index (χ0v) is 10.0. The van der Waals surface area contributed by atoms with Gasteiger partial charge in [-0.1, -0.05) is 12.8 Å². The van der Waals surface area contributed by atoms with Crippen LogP contribution in [0.4, 0.5) is 0 Å². The van der Waals surface area contributed by atoms with Crippen LogP contribution in [0, 0.1) is 0 Å². The Morgan fingerprint density at radius 3 is 2.86 bits per heavy atom.